The van der Waals surface area contributed by atoms with Crippen molar-refractivity contribution >= 4 is 71.0 Å². The van der Waals surface area contributed by atoms with Gasteiger partial charge in [-0.2, -0.15) is 8.42 Å². The van der Waals surface area contributed by atoms with Gasteiger partial charge in [-0.3, -0.25) is 14.1 Å². The first kappa shape index (κ1) is 25.7. The molecule has 0 radical (unpaired) electrons. The molecule has 10 heteroatoms. The molecule has 2 unspecified atom stereocenters. The molecule has 0 aromatic heterocycles. The van der Waals surface area contributed by atoms with E-state index in [-0.39, 0.29) is 0 Å². The van der Waals surface area contributed by atoms with Crippen LogP contribution in [0.5, 0.6) is 0 Å². The van der Waals surface area contributed by atoms with Gasteiger partial charge in [0.25, 0.3) is 10.1 Å². The summed E-state index contributed by atoms with van der Waals surface area (Å²) in [6.45, 7) is 5.45. The molecule has 0 aliphatic heterocycles. The van der Waals surface area contributed by atoms with Gasteiger partial charge in [0.05, 0.1) is 6.42 Å². The number of aliphatic carboxylic acids is 2. The average Bonchev–Trinajstić information content (AvgIpc) is 2.43. The van der Waals surface area contributed by atoms with E-state index in [9.17, 15) is 18.0 Å². The van der Waals surface area contributed by atoms with Crippen LogP contribution >= 0.6 is 0 Å². The molecule has 8 nitrogen and oxygen atoms in total. The zero-order valence-corrected chi connectivity index (χ0v) is 17.8. The van der Waals surface area contributed by atoms with Crippen LogP contribution in [0.25, 0.3) is 0 Å². The summed E-state index contributed by atoms with van der Waals surface area (Å²) in [6, 6.07) is 0. The molecule has 0 fully saturated rings. The predicted octanol–water partition coefficient (Wildman–Crippen LogP) is 1.29. The first-order chi connectivity index (χ1) is 10.6. The van der Waals surface area contributed by atoms with Crippen LogP contribution in [-0.4, -0.2) is 96.1 Å². The zero-order chi connectivity index (χ0) is 18.5. The van der Waals surface area contributed by atoms with E-state index in [0.29, 0.717) is 0.199 Å². The Morgan fingerprint density at radius 1 is 1.13 bits per heavy atom. The second kappa shape index (κ2) is 14.8. The standard InChI is InChI=1S/C9H19O.C4H6O7S.K/c1-3-5-6-7-9-10-8-4-2;5-3(6)1-2(4(7)8)12(9,10)11;/h8H,3-7,9H2,1-2H3;2H,1H2,(H,5,6)(H,7,8)(H,9,10,11);. The molecule has 0 heterocycles. The molecule has 0 aromatic carbocycles. The molecular weight excluding hydrogens is 355 g/mol. The fourth-order valence-electron chi connectivity index (χ4n) is 1.41. The predicted molar refractivity (Wildman–Crippen MR) is 85.2 cm³/mol. The van der Waals surface area contributed by atoms with Crippen molar-refractivity contribution in [2.24, 2.45) is 0 Å². The second-order valence-electron chi connectivity index (χ2n) is 5.09. The van der Waals surface area contributed by atoms with E-state index in [1.807, 2.05) is 0 Å². The minimum atomic E-state index is -4.84. The zero-order valence-electron chi connectivity index (χ0n) is 13.9. The Labute approximate surface area is 171 Å². The van der Waals surface area contributed by atoms with Crippen LogP contribution in [0.3, 0.4) is 0 Å². The Morgan fingerprint density at radius 3 is 2.00 bits per heavy atom. The number of carboxylic acids is 2. The normalized spacial score (nSPS) is 13.6. The number of unbranched alkanes of at least 4 members (excludes halogenated alkanes) is 3. The fourth-order valence-corrected chi connectivity index (χ4v) is 2.39. The van der Waals surface area contributed by atoms with Crippen LogP contribution in [-0.2, 0) is 24.4 Å². The van der Waals surface area contributed by atoms with Crippen molar-refractivity contribution in [3.05, 3.63) is 0 Å². The first-order valence-electron chi connectivity index (χ1n) is 7.58. The van der Waals surface area contributed by atoms with E-state index < -0.39 is 33.7 Å². The van der Waals surface area contributed by atoms with Gasteiger partial charge in [-0.1, -0.05) is 0 Å². The van der Waals surface area contributed by atoms with Gasteiger partial charge in [0.15, 0.2) is 5.25 Å². The van der Waals surface area contributed by atoms with Gasteiger partial charge in [0.1, 0.15) is 0 Å². The van der Waals surface area contributed by atoms with Gasteiger partial charge < -0.3 is 10.2 Å². The molecule has 3 N–H and O–H groups in total. The van der Waals surface area contributed by atoms with Crippen LogP contribution in [0.15, 0.2) is 0 Å². The molecule has 0 aliphatic carbocycles. The van der Waals surface area contributed by atoms with E-state index in [1.165, 1.54) is 32.1 Å². The molecule has 23 heavy (non-hydrogen) atoms. The molecule has 0 saturated heterocycles. The van der Waals surface area contributed by atoms with Crippen molar-refractivity contribution in [3.63, 3.8) is 0 Å². The maximum Gasteiger partial charge on any atom is 0.325 e. The molecule has 2 atom stereocenters. The minimum absolute atomic E-state index is 0.643. The summed E-state index contributed by atoms with van der Waals surface area (Å²) in [4.78, 5) is 20.0. The molecular formula is C13H25KO8S. The monoisotopic (exact) mass is 380 g/mol. The van der Waals surface area contributed by atoms with E-state index in [0.717, 1.165) is 55.6 Å². The van der Waals surface area contributed by atoms with Crippen molar-refractivity contribution in [1.29, 1.82) is 0 Å². The largest absolute Gasteiger partial charge is 0.481 e. The third-order valence-corrected chi connectivity index (χ3v) is 5.85. The van der Waals surface area contributed by atoms with Crippen LogP contribution in [0.1, 0.15) is 52.4 Å². The van der Waals surface area contributed by atoms with Crippen molar-refractivity contribution in [1.82, 2.24) is 0 Å². The third kappa shape index (κ3) is 17.1. The number of ether oxygens (including phenoxy) is 1. The van der Waals surface area contributed by atoms with Crippen LogP contribution < -0.4 is 0 Å². The van der Waals surface area contributed by atoms with E-state index in [4.69, 9.17) is 19.5 Å². The second-order valence-corrected chi connectivity index (χ2v) is 8.70. The first-order valence-corrected chi connectivity index (χ1v) is 10.9. The van der Waals surface area contributed by atoms with Crippen LogP contribution in [0.4, 0.5) is 0 Å². The molecule has 0 aliphatic rings. The van der Waals surface area contributed by atoms with E-state index >= 15 is 0 Å². The van der Waals surface area contributed by atoms with Crippen LogP contribution in [0, 0.1) is 0 Å². The average molecular weight is 381 g/mol. The molecule has 0 aromatic rings. The van der Waals surface area contributed by atoms with E-state index in [2.05, 4.69) is 13.8 Å². The number of hydrogen-bond acceptors (Lipinski definition) is 5. The number of carbonyl (C=O) groups is 2. The molecule has 0 saturated carbocycles. The summed E-state index contributed by atoms with van der Waals surface area (Å²) in [5.74, 6) is -3.50. The number of hydrogen-bond donors (Lipinski definition) is 3. The summed E-state index contributed by atoms with van der Waals surface area (Å²) in [5, 5.41) is 13.9. The molecule has 0 rings (SSSR count). The summed E-state index contributed by atoms with van der Waals surface area (Å²) >= 11 is 0.854. The molecule has 0 bridgehead atoms. The summed E-state index contributed by atoms with van der Waals surface area (Å²) in [5.41, 5.74) is 0. The van der Waals surface area contributed by atoms with Gasteiger partial charge in [-0.05, 0) is 0 Å². The SMILES string of the molecule is CCCCCCO[CH]([K])CC.O=C(O)CC(C(=O)O)S(=O)(=O)O. The Kier molecular flexibility index (Phi) is 16.5. The fraction of sp³-hybridized carbons (Fsp3) is 0.846. The quantitative estimate of drug-likeness (QED) is 0.277. The van der Waals surface area contributed by atoms with Crippen molar-refractivity contribution in [2.75, 3.05) is 6.61 Å². The van der Waals surface area contributed by atoms with Crippen molar-refractivity contribution < 1.29 is 37.5 Å². The summed E-state index contributed by atoms with van der Waals surface area (Å²) in [7, 11) is -4.84. The summed E-state index contributed by atoms with van der Waals surface area (Å²) in [6.07, 6.45) is 5.36. The number of rotatable bonds is 11. The van der Waals surface area contributed by atoms with Gasteiger partial charge >= 0.3 is 118 Å². The van der Waals surface area contributed by atoms with Crippen LogP contribution in [0.2, 0.25) is 0 Å². The maximum atomic E-state index is 10.2. The Bertz CT molecular complexity index is 437. The Balaban J connectivity index is 0. The maximum absolute atomic E-state index is 10.2. The van der Waals surface area contributed by atoms with Gasteiger partial charge in [-0.25, -0.2) is 0 Å². The smallest absolute Gasteiger partial charge is 0.325 e. The molecule has 0 amide bonds. The van der Waals surface area contributed by atoms with Gasteiger partial charge in [-0.15, -0.1) is 0 Å². The van der Waals surface area contributed by atoms with Gasteiger partial charge in [0, 0.05) is 0 Å². The molecule has 0 spiro atoms. The van der Waals surface area contributed by atoms with Crippen molar-refractivity contribution in [2.45, 2.75) is 57.8 Å². The number of carboxylic acid groups (broad SMARTS) is 2. The van der Waals surface area contributed by atoms with Crippen molar-refractivity contribution in [3.8, 4) is 0 Å². The minimum Gasteiger partial charge on any atom is -0.481 e. The van der Waals surface area contributed by atoms with Gasteiger partial charge in [0.2, 0.25) is 0 Å². The third-order valence-electron chi connectivity index (χ3n) is 2.97. The Hall–Kier alpha value is 0.446. The Morgan fingerprint density at radius 2 is 1.70 bits per heavy atom. The molecule has 132 valence electrons. The van der Waals surface area contributed by atoms with E-state index in [1.54, 1.807) is 0 Å². The summed E-state index contributed by atoms with van der Waals surface area (Å²) < 4.78 is 34.9. The topological polar surface area (TPSA) is 138 Å².